The van der Waals surface area contributed by atoms with Gasteiger partial charge in [0.1, 0.15) is 5.75 Å². The van der Waals surface area contributed by atoms with Gasteiger partial charge in [0.25, 0.3) is 0 Å². The SMILES string of the molecule is Nc1ccc2c(c1)/C(=N/O)CCO2. The summed E-state index contributed by atoms with van der Waals surface area (Å²) >= 11 is 0. The molecule has 0 atom stereocenters. The standard InChI is InChI=1S/C9H10N2O2/c10-6-1-2-9-7(5-6)8(11-12)3-4-13-9/h1-2,5,12H,3-4,10H2/b11-8+. The Morgan fingerprint density at radius 3 is 3.08 bits per heavy atom. The van der Waals surface area contributed by atoms with E-state index < -0.39 is 0 Å². The van der Waals surface area contributed by atoms with Gasteiger partial charge in [-0.1, -0.05) is 5.16 Å². The van der Waals surface area contributed by atoms with Crippen molar-refractivity contribution >= 4 is 11.4 Å². The van der Waals surface area contributed by atoms with E-state index in [1.54, 1.807) is 18.2 Å². The summed E-state index contributed by atoms with van der Waals surface area (Å²) in [6.45, 7) is 0.552. The molecule has 0 saturated carbocycles. The molecule has 0 saturated heterocycles. The van der Waals surface area contributed by atoms with E-state index >= 15 is 0 Å². The van der Waals surface area contributed by atoms with Gasteiger partial charge in [-0.3, -0.25) is 0 Å². The molecule has 13 heavy (non-hydrogen) atoms. The molecular formula is C9H10N2O2. The molecule has 1 aromatic rings. The molecule has 1 heterocycles. The zero-order chi connectivity index (χ0) is 9.26. The van der Waals surface area contributed by atoms with Crippen LogP contribution in [0.3, 0.4) is 0 Å². The fourth-order valence-electron chi connectivity index (χ4n) is 1.40. The van der Waals surface area contributed by atoms with E-state index in [9.17, 15) is 0 Å². The molecule has 1 aromatic carbocycles. The Bertz CT molecular complexity index is 361. The van der Waals surface area contributed by atoms with Crippen molar-refractivity contribution in [2.75, 3.05) is 12.3 Å². The van der Waals surface area contributed by atoms with E-state index in [0.29, 0.717) is 24.4 Å². The maximum absolute atomic E-state index is 8.72. The van der Waals surface area contributed by atoms with Crippen molar-refractivity contribution in [3.8, 4) is 5.75 Å². The van der Waals surface area contributed by atoms with E-state index in [2.05, 4.69) is 5.16 Å². The molecule has 0 radical (unpaired) electrons. The highest BCUT2D eigenvalue weighted by Gasteiger charge is 2.16. The molecule has 0 spiro atoms. The second-order valence-corrected chi connectivity index (χ2v) is 2.90. The number of ether oxygens (including phenoxy) is 1. The molecule has 3 N–H and O–H groups in total. The van der Waals surface area contributed by atoms with E-state index in [1.807, 2.05) is 0 Å². The van der Waals surface area contributed by atoms with E-state index in [4.69, 9.17) is 15.7 Å². The summed E-state index contributed by atoms with van der Waals surface area (Å²) in [4.78, 5) is 0. The highest BCUT2D eigenvalue weighted by molar-refractivity contribution is 6.04. The van der Waals surface area contributed by atoms with Gasteiger partial charge in [0, 0.05) is 17.7 Å². The first-order valence-electron chi connectivity index (χ1n) is 4.05. The zero-order valence-electron chi connectivity index (χ0n) is 7.03. The molecule has 2 rings (SSSR count). The molecular weight excluding hydrogens is 168 g/mol. The molecule has 4 heteroatoms. The molecule has 4 nitrogen and oxygen atoms in total. The number of benzene rings is 1. The molecule has 0 aliphatic carbocycles. The van der Waals surface area contributed by atoms with Crippen LogP contribution in [0.5, 0.6) is 5.75 Å². The molecule has 0 bridgehead atoms. The number of nitrogens with two attached hydrogens (primary N) is 1. The third-order valence-electron chi connectivity index (χ3n) is 2.03. The Morgan fingerprint density at radius 2 is 2.31 bits per heavy atom. The van der Waals surface area contributed by atoms with Crippen LogP contribution in [0.4, 0.5) is 5.69 Å². The second kappa shape index (κ2) is 2.97. The van der Waals surface area contributed by atoms with Crippen molar-refractivity contribution in [1.29, 1.82) is 0 Å². The highest BCUT2D eigenvalue weighted by atomic mass is 16.5. The van der Waals surface area contributed by atoms with Crippen molar-refractivity contribution in [3.63, 3.8) is 0 Å². The zero-order valence-corrected chi connectivity index (χ0v) is 7.03. The molecule has 68 valence electrons. The molecule has 0 fully saturated rings. The smallest absolute Gasteiger partial charge is 0.128 e. The van der Waals surface area contributed by atoms with Crippen LogP contribution < -0.4 is 10.5 Å². The Labute approximate surface area is 75.6 Å². The Balaban J connectivity index is 2.54. The van der Waals surface area contributed by atoms with E-state index in [-0.39, 0.29) is 0 Å². The largest absolute Gasteiger partial charge is 0.492 e. The first kappa shape index (κ1) is 7.91. The lowest BCUT2D eigenvalue weighted by Gasteiger charge is -2.17. The Kier molecular flexibility index (Phi) is 1.81. The van der Waals surface area contributed by atoms with Crippen LogP contribution >= 0.6 is 0 Å². The summed E-state index contributed by atoms with van der Waals surface area (Å²) in [6.07, 6.45) is 0.618. The van der Waals surface area contributed by atoms with E-state index in [1.165, 1.54) is 0 Å². The average Bonchev–Trinajstić information content (AvgIpc) is 2.17. The van der Waals surface area contributed by atoms with Gasteiger partial charge in [0.05, 0.1) is 12.3 Å². The lowest BCUT2D eigenvalue weighted by Crippen LogP contribution is -2.16. The maximum Gasteiger partial charge on any atom is 0.128 e. The first-order chi connectivity index (χ1) is 6.31. The normalized spacial score (nSPS) is 18.0. The van der Waals surface area contributed by atoms with Crippen LogP contribution in [0, 0.1) is 0 Å². The van der Waals surface area contributed by atoms with Gasteiger partial charge in [-0.05, 0) is 18.2 Å². The number of oxime groups is 1. The number of hydrogen-bond donors (Lipinski definition) is 2. The summed E-state index contributed by atoms with van der Waals surface area (Å²) in [5, 5.41) is 11.9. The minimum atomic E-state index is 0.552. The van der Waals surface area contributed by atoms with Crippen LogP contribution in [0.15, 0.2) is 23.4 Å². The average molecular weight is 178 g/mol. The van der Waals surface area contributed by atoms with Crippen LogP contribution in [0.1, 0.15) is 12.0 Å². The third-order valence-corrected chi connectivity index (χ3v) is 2.03. The predicted molar refractivity (Wildman–Crippen MR) is 49.3 cm³/mol. The highest BCUT2D eigenvalue weighted by Crippen LogP contribution is 2.26. The van der Waals surface area contributed by atoms with Crippen LogP contribution in [-0.2, 0) is 0 Å². The van der Waals surface area contributed by atoms with Crippen molar-refractivity contribution in [1.82, 2.24) is 0 Å². The summed E-state index contributed by atoms with van der Waals surface area (Å²) < 4.78 is 5.36. The number of fused-ring (bicyclic) bond motifs is 1. The first-order valence-corrected chi connectivity index (χ1v) is 4.05. The van der Waals surface area contributed by atoms with Gasteiger partial charge >= 0.3 is 0 Å². The summed E-state index contributed by atoms with van der Waals surface area (Å²) in [7, 11) is 0. The molecule has 0 unspecified atom stereocenters. The number of anilines is 1. The monoisotopic (exact) mass is 178 g/mol. The van der Waals surface area contributed by atoms with Gasteiger partial charge in [-0.15, -0.1) is 0 Å². The molecule has 0 aromatic heterocycles. The van der Waals surface area contributed by atoms with E-state index in [0.717, 1.165) is 11.3 Å². The van der Waals surface area contributed by atoms with Crippen LogP contribution in [-0.4, -0.2) is 17.5 Å². The van der Waals surface area contributed by atoms with Gasteiger partial charge in [0.15, 0.2) is 0 Å². The fourth-order valence-corrected chi connectivity index (χ4v) is 1.40. The molecule has 1 aliphatic heterocycles. The second-order valence-electron chi connectivity index (χ2n) is 2.90. The fraction of sp³-hybridized carbons (Fsp3) is 0.222. The minimum absolute atomic E-state index is 0.552. The van der Waals surface area contributed by atoms with Crippen LogP contribution in [0.2, 0.25) is 0 Å². The predicted octanol–water partition coefficient (Wildman–Crippen LogP) is 1.23. The lowest BCUT2D eigenvalue weighted by molar-refractivity contribution is 0.298. The van der Waals surface area contributed by atoms with Crippen molar-refractivity contribution in [3.05, 3.63) is 23.8 Å². The topological polar surface area (TPSA) is 67.8 Å². The lowest BCUT2D eigenvalue weighted by atomic mass is 10.0. The quantitative estimate of drug-likeness (QED) is 0.356. The minimum Gasteiger partial charge on any atom is -0.492 e. The Hall–Kier alpha value is -1.71. The number of hydrogen-bond acceptors (Lipinski definition) is 4. The van der Waals surface area contributed by atoms with Gasteiger partial charge in [-0.2, -0.15) is 0 Å². The Morgan fingerprint density at radius 1 is 1.46 bits per heavy atom. The van der Waals surface area contributed by atoms with Gasteiger partial charge in [0.2, 0.25) is 0 Å². The summed E-state index contributed by atoms with van der Waals surface area (Å²) in [5.41, 5.74) is 7.67. The maximum atomic E-state index is 8.72. The number of nitrogen functional groups attached to an aromatic ring is 1. The van der Waals surface area contributed by atoms with Gasteiger partial charge in [-0.25, -0.2) is 0 Å². The summed E-state index contributed by atoms with van der Waals surface area (Å²) in [5.74, 6) is 0.730. The number of rotatable bonds is 0. The molecule has 1 aliphatic rings. The summed E-state index contributed by atoms with van der Waals surface area (Å²) in [6, 6.07) is 5.30. The van der Waals surface area contributed by atoms with Crippen molar-refractivity contribution in [2.24, 2.45) is 5.16 Å². The van der Waals surface area contributed by atoms with Crippen molar-refractivity contribution < 1.29 is 9.94 Å². The van der Waals surface area contributed by atoms with Crippen LogP contribution in [0.25, 0.3) is 0 Å². The van der Waals surface area contributed by atoms with Crippen molar-refractivity contribution in [2.45, 2.75) is 6.42 Å². The number of nitrogens with zero attached hydrogens (tertiary/aromatic N) is 1. The molecule has 0 amide bonds. The van der Waals surface area contributed by atoms with Gasteiger partial charge < -0.3 is 15.7 Å². The third kappa shape index (κ3) is 1.30.